The van der Waals surface area contributed by atoms with E-state index in [0.29, 0.717) is 0 Å². The second-order valence-corrected chi connectivity index (χ2v) is 12.2. The molecule has 0 bridgehead atoms. The standard InChI is InChI=1S/C46H34/c1-31-27-41(35-19-11-5-12-20-35)43-29-37(33-15-7-3-8-16-33)23-25-39(43)45(31)46-32(2)28-42(36-21-13-6-14-22-36)44-30-38(24-26-40(44)46)34-17-9-4-10-18-34/h3-30H,1-2H3. The van der Waals surface area contributed by atoms with Crippen molar-refractivity contribution < 1.29 is 0 Å². The summed E-state index contributed by atoms with van der Waals surface area (Å²) in [4.78, 5) is 0. The summed E-state index contributed by atoms with van der Waals surface area (Å²) in [6.07, 6.45) is 0. The fraction of sp³-hybridized carbons (Fsp3) is 0.0435. The first-order valence-electron chi connectivity index (χ1n) is 16.0. The van der Waals surface area contributed by atoms with Gasteiger partial charge in [0.15, 0.2) is 0 Å². The molecule has 8 aromatic carbocycles. The van der Waals surface area contributed by atoms with Crippen LogP contribution >= 0.6 is 0 Å². The summed E-state index contributed by atoms with van der Waals surface area (Å²) in [6, 6.07) is 61.9. The fourth-order valence-electron chi connectivity index (χ4n) is 7.12. The average molecular weight is 587 g/mol. The third-order valence-electron chi connectivity index (χ3n) is 9.30. The minimum atomic E-state index is 1.23. The molecule has 0 aromatic heterocycles. The lowest BCUT2D eigenvalue weighted by Crippen LogP contribution is -1.96. The molecule has 0 amide bonds. The predicted molar refractivity (Wildman–Crippen MR) is 198 cm³/mol. The third kappa shape index (κ3) is 4.89. The number of benzene rings is 8. The van der Waals surface area contributed by atoms with Crippen molar-refractivity contribution in [2.75, 3.05) is 0 Å². The number of aryl methyl sites for hydroxylation is 2. The lowest BCUT2D eigenvalue weighted by atomic mass is 9.82. The van der Waals surface area contributed by atoms with Gasteiger partial charge in [0, 0.05) is 0 Å². The molecule has 0 aliphatic rings. The Morgan fingerprint density at radius 1 is 0.261 bits per heavy atom. The zero-order valence-corrected chi connectivity index (χ0v) is 26.2. The van der Waals surface area contributed by atoms with Gasteiger partial charge < -0.3 is 0 Å². The van der Waals surface area contributed by atoms with Crippen LogP contribution in [0.15, 0.2) is 170 Å². The van der Waals surface area contributed by atoms with Gasteiger partial charge in [-0.3, -0.25) is 0 Å². The Kier molecular flexibility index (Phi) is 7.04. The van der Waals surface area contributed by atoms with Gasteiger partial charge in [-0.05, 0) is 114 Å². The van der Waals surface area contributed by atoms with Crippen LogP contribution in [-0.4, -0.2) is 0 Å². The highest BCUT2D eigenvalue weighted by atomic mass is 14.2. The van der Waals surface area contributed by atoms with E-state index in [0.717, 1.165) is 0 Å². The smallest absolute Gasteiger partial charge is 0.00668 e. The van der Waals surface area contributed by atoms with Crippen LogP contribution < -0.4 is 0 Å². The lowest BCUT2D eigenvalue weighted by molar-refractivity contribution is 1.44. The van der Waals surface area contributed by atoms with E-state index in [9.17, 15) is 0 Å². The minimum absolute atomic E-state index is 1.23. The number of rotatable bonds is 5. The van der Waals surface area contributed by atoms with Gasteiger partial charge in [0.05, 0.1) is 0 Å². The molecule has 8 aromatic rings. The van der Waals surface area contributed by atoms with Crippen molar-refractivity contribution in [1.29, 1.82) is 0 Å². The molecule has 0 aliphatic carbocycles. The Labute approximate surface area is 271 Å². The Morgan fingerprint density at radius 2 is 0.587 bits per heavy atom. The van der Waals surface area contributed by atoms with Gasteiger partial charge in [0.25, 0.3) is 0 Å². The summed E-state index contributed by atoms with van der Waals surface area (Å²) in [5, 5.41) is 5.10. The molecule has 0 saturated carbocycles. The van der Waals surface area contributed by atoms with Crippen molar-refractivity contribution >= 4 is 21.5 Å². The predicted octanol–water partition coefficient (Wildman–Crippen LogP) is 12.9. The second kappa shape index (κ2) is 11.7. The second-order valence-electron chi connectivity index (χ2n) is 12.2. The lowest BCUT2D eigenvalue weighted by Gasteiger charge is -2.21. The highest BCUT2D eigenvalue weighted by Gasteiger charge is 2.20. The molecule has 0 fully saturated rings. The molecule has 0 aliphatic heterocycles. The largest absolute Gasteiger partial charge is 0.0622 e. The van der Waals surface area contributed by atoms with Crippen LogP contribution in [0.4, 0.5) is 0 Å². The number of fused-ring (bicyclic) bond motifs is 2. The topological polar surface area (TPSA) is 0 Å². The highest BCUT2D eigenvalue weighted by molar-refractivity contribution is 6.15. The maximum absolute atomic E-state index is 2.40. The molecular formula is C46H34. The Balaban J connectivity index is 1.45. The maximum atomic E-state index is 2.40. The molecule has 0 nitrogen and oxygen atoms in total. The minimum Gasteiger partial charge on any atom is -0.0622 e. The van der Waals surface area contributed by atoms with Crippen LogP contribution in [0, 0.1) is 13.8 Å². The van der Waals surface area contributed by atoms with Gasteiger partial charge >= 0.3 is 0 Å². The van der Waals surface area contributed by atoms with Crippen LogP contribution in [0.2, 0.25) is 0 Å². The molecule has 0 atom stereocenters. The van der Waals surface area contributed by atoms with Gasteiger partial charge in [-0.25, -0.2) is 0 Å². The molecule has 218 valence electrons. The Morgan fingerprint density at radius 3 is 0.935 bits per heavy atom. The Bertz CT molecular complexity index is 2160. The first-order valence-corrected chi connectivity index (χ1v) is 16.0. The molecule has 0 spiro atoms. The van der Waals surface area contributed by atoms with E-state index in [1.165, 1.54) is 88.3 Å². The summed E-state index contributed by atoms with van der Waals surface area (Å²) in [5.41, 5.74) is 15.1. The van der Waals surface area contributed by atoms with Gasteiger partial charge in [-0.15, -0.1) is 0 Å². The van der Waals surface area contributed by atoms with Crippen molar-refractivity contribution in [3.05, 3.63) is 181 Å². The number of hydrogen-bond donors (Lipinski definition) is 0. The van der Waals surface area contributed by atoms with E-state index in [2.05, 4.69) is 184 Å². The zero-order chi connectivity index (χ0) is 31.0. The molecule has 8 rings (SSSR count). The van der Waals surface area contributed by atoms with E-state index in [4.69, 9.17) is 0 Å². The first-order chi connectivity index (χ1) is 22.7. The van der Waals surface area contributed by atoms with Crippen molar-refractivity contribution in [2.24, 2.45) is 0 Å². The molecule has 0 N–H and O–H groups in total. The maximum Gasteiger partial charge on any atom is -0.00668 e. The third-order valence-corrected chi connectivity index (χ3v) is 9.30. The normalized spacial score (nSPS) is 11.3. The quantitative estimate of drug-likeness (QED) is 0.188. The first kappa shape index (κ1) is 27.8. The summed E-state index contributed by atoms with van der Waals surface area (Å²) >= 11 is 0. The van der Waals surface area contributed by atoms with Crippen LogP contribution in [0.25, 0.3) is 77.2 Å². The van der Waals surface area contributed by atoms with Gasteiger partial charge in [-0.2, -0.15) is 0 Å². The average Bonchev–Trinajstić information content (AvgIpc) is 3.12. The summed E-state index contributed by atoms with van der Waals surface area (Å²) < 4.78 is 0. The fourth-order valence-corrected chi connectivity index (χ4v) is 7.12. The monoisotopic (exact) mass is 586 g/mol. The highest BCUT2D eigenvalue weighted by Crippen LogP contribution is 2.46. The molecule has 0 saturated heterocycles. The van der Waals surface area contributed by atoms with Crippen molar-refractivity contribution in [1.82, 2.24) is 0 Å². The van der Waals surface area contributed by atoms with Crippen LogP contribution in [0.5, 0.6) is 0 Å². The van der Waals surface area contributed by atoms with Crippen LogP contribution in [0.1, 0.15) is 11.1 Å². The van der Waals surface area contributed by atoms with Crippen LogP contribution in [-0.2, 0) is 0 Å². The van der Waals surface area contributed by atoms with E-state index in [1.807, 2.05) is 0 Å². The molecule has 46 heavy (non-hydrogen) atoms. The SMILES string of the molecule is Cc1cc(-c2ccccc2)c2cc(-c3ccccc3)ccc2c1-c1c(C)cc(-c2ccccc2)c2cc(-c3ccccc3)ccc12. The van der Waals surface area contributed by atoms with Crippen molar-refractivity contribution in [3.8, 4) is 55.6 Å². The summed E-state index contributed by atoms with van der Waals surface area (Å²) in [5.74, 6) is 0. The Hall–Kier alpha value is -5.72. The van der Waals surface area contributed by atoms with E-state index in [-0.39, 0.29) is 0 Å². The molecule has 0 unspecified atom stereocenters. The summed E-state index contributed by atoms with van der Waals surface area (Å²) in [7, 11) is 0. The zero-order valence-electron chi connectivity index (χ0n) is 26.2. The molecular weight excluding hydrogens is 553 g/mol. The van der Waals surface area contributed by atoms with Gasteiger partial charge in [0.2, 0.25) is 0 Å². The van der Waals surface area contributed by atoms with E-state index < -0.39 is 0 Å². The van der Waals surface area contributed by atoms with E-state index >= 15 is 0 Å². The number of hydrogen-bond acceptors (Lipinski definition) is 0. The molecule has 0 radical (unpaired) electrons. The summed E-state index contributed by atoms with van der Waals surface area (Å²) in [6.45, 7) is 4.56. The van der Waals surface area contributed by atoms with Crippen LogP contribution in [0.3, 0.4) is 0 Å². The van der Waals surface area contributed by atoms with Gasteiger partial charge in [-0.1, -0.05) is 158 Å². The molecule has 0 heterocycles. The van der Waals surface area contributed by atoms with Gasteiger partial charge in [0.1, 0.15) is 0 Å². The van der Waals surface area contributed by atoms with Crippen molar-refractivity contribution in [3.63, 3.8) is 0 Å². The van der Waals surface area contributed by atoms with Crippen molar-refractivity contribution in [2.45, 2.75) is 13.8 Å². The van der Waals surface area contributed by atoms with E-state index in [1.54, 1.807) is 0 Å². The molecule has 0 heteroatoms.